The van der Waals surface area contributed by atoms with Crippen LogP contribution in [0.5, 0.6) is 17.2 Å². The summed E-state index contributed by atoms with van der Waals surface area (Å²) in [5.41, 5.74) is 5.96. The number of anilines is 1. The van der Waals surface area contributed by atoms with Crippen molar-refractivity contribution in [3.05, 3.63) is 47.5 Å². The molecule has 0 saturated carbocycles. The minimum Gasteiger partial charge on any atom is -0.493 e. The summed E-state index contributed by atoms with van der Waals surface area (Å²) in [7, 11) is 4.75. The predicted octanol–water partition coefficient (Wildman–Crippen LogP) is 3.47. The van der Waals surface area contributed by atoms with Gasteiger partial charge in [-0.2, -0.15) is 5.10 Å². The van der Waals surface area contributed by atoms with Gasteiger partial charge in [0.15, 0.2) is 11.5 Å². The Bertz CT molecular complexity index is 626. The molecule has 2 aromatic carbocycles. The van der Waals surface area contributed by atoms with Crippen LogP contribution in [0.4, 0.5) is 5.69 Å². The molecule has 2 aromatic rings. The van der Waals surface area contributed by atoms with Crippen molar-refractivity contribution in [3.63, 3.8) is 0 Å². The molecule has 0 bridgehead atoms. The topological polar surface area (TPSA) is 52.1 Å². The Morgan fingerprint density at radius 1 is 0.909 bits per heavy atom. The molecule has 0 aliphatic carbocycles. The second-order valence-electron chi connectivity index (χ2n) is 4.69. The van der Waals surface area contributed by atoms with Gasteiger partial charge >= 0.3 is 0 Å². The van der Waals surface area contributed by atoms with Crippen molar-refractivity contribution in [2.24, 2.45) is 5.10 Å². The molecule has 0 aliphatic heterocycles. The summed E-state index contributed by atoms with van der Waals surface area (Å²) >= 11 is 0. The largest absolute Gasteiger partial charge is 0.493 e. The lowest BCUT2D eigenvalue weighted by molar-refractivity contribution is 0.324. The molecule has 5 nitrogen and oxygen atoms in total. The van der Waals surface area contributed by atoms with Crippen LogP contribution in [0.25, 0.3) is 0 Å². The highest BCUT2D eigenvalue weighted by Crippen LogP contribution is 2.37. The molecule has 0 radical (unpaired) electrons. The Morgan fingerprint density at radius 3 is 2.00 bits per heavy atom. The van der Waals surface area contributed by atoms with Gasteiger partial charge in [0.25, 0.3) is 0 Å². The monoisotopic (exact) mass is 300 g/mol. The van der Waals surface area contributed by atoms with Gasteiger partial charge in [-0.1, -0.05) is 17.7 Å². The maximum absolute atomic E-state index is 5.31. The first-order chi connectivity index (χ1) is 10.7. The third kappa shape index (κ3) is 3.69. The summed E-state index contributed by atoms with van der Waals surface area (Å²) in [6, 6.07) is 11.7. The van der Waals surface area contributed by atoms with Gasteiger partial charge in [0.05, 0.1) is 33.2 Å². The Morgan fingerprint density at radius 2 is 1.50 bits per heavy atom. The van der Waals surface area contributed by atoms with Crippen LogP contribution in [0.1, 0.15) is 11.1 Å². The van der Waals surface area contributed by atoms with Crippen LogP contribution >= 0.6 is 0 Å². The highest BCUT2D eigenvalue weighted by atomic mass is 16.5. The fraction of sp³-hybridized carbons (Fsp3) is 0.235. The summed E-state index contributed by atoms with van der Waals surface area (Å²) in [4.78, 5) is 0. The molecule has 0 aliphatic rings. The van der Waals surface area contributed by atoms with E-state index in [2.05, 4.69) is 10.5 Å². The van der Waals surface area contributed by atoms with Crippen molar-refractivity contribution in [2.75, 3.05) is 26.8 Å². The molecule has 0 amide bonds. The van der Waals surface area contributed by atoms with Crippen LogP contribution in [0.2, 0.25) is 0 Å². The molecular formula is C17H20N2O3. The first-order valence-corrected chi connectivity index (χ1v) is 6.83. The van der Waals surface area contributed by atoms with Crippen LogP contribution in [-0.2, 0) is 0 Å². The maximum atomic E-state index is 5.31. The first kappa shape index (κ1) is 15.7. The fourth-order valence-corrected chi connectivity index (χ4v) is 1.99. The smallest absolute Gasteiger partial charge is 0.203 e. The number of benzene rings is 2. The predicted molar refractivity (Wildman–Crippen MR) is 88.5 cm³/mol. The Balaban J connectivity index is 2.18. The van der Waals surface area contributed by atoms with Crippen molar-refractivity contribution in [1.82, 2.24) is 0 Å². The molecule has 22 heavy (non-hydrogen) atoms. The van der Waals surface area contributed by atoms with Crippen molar-refractivity contribution >= 4 is 11.9 Å². The lowest BCUT2D eigenvalue weighted by Crippen LogP contribution is -1.97. The van der Waals surface area contributed by atoms with E-state index in [0.717, 1.165) is 11.3 Å². The van der Waals surface area contributed by atoms with E-state index in [9.17, 15) is 0 Å². The Kier molecular flexibility index (Phi) is 5.25. The standard InChI is InChI=1S/C17H20N2O3/c1-12-5-7-14(8-6-12)19-18-11-13-9-15(20-2)17(22-4)16(10-13)21-3/h5-11,19H,1-4H3/b18-11+. The van der Waals surface area contributed by atoms with Gasteiger partial charge in [-0.15, -0.1) is 0 Å². The summed E-state index contributed by atoms with van der Waals surface area (Å²) in [6.45, 7) is 2.04. The van der Waals surface area contributed by atoms with Gasteiger partial charge in [-0.25, -0.2) is 0 Å². The normalized spacial score (nSPS) is 10.5. The molecular weight excluding hydrogens is 280 g/mol. The summed E-state index contributed by atoms with van der Waals surface area (Å²) in [5.74, 6) is 1.76. The molecule has 5 heteroatoms. The quantitative estimate of drug-likeness (QED) is 0.655. The van der Waals surface area contributed by atoms with Crippen LogP contribution in [-0.4, -0.2) is 27.5 Å². The number of methoxy groups -OCH3 is 3. The average molecular weight is 300 g/mol. The van der Waals surface area contributed by atoms with E-state index in [1.54, 1.807) is 27.5 Å². The number of aryl methyl sites for hydroxylation is 1. The minimum absolute atomic E-state index is 0.564. The SMILES string of the molecule is COc1cc(/C=N/Nc2ccc(C)cc2)cc(OC)c1OC. The highest BCUT2D eigenvalue weighted by molar-refractivity contribution is 5.83. The van der Waals surface area contributed by atoms with Crippen molar-refractivity contribution in [2.45, 2.75) is 6.92 Å². The molecule has 116 valence electrons. The third-order valence-electron chi connectivity index (χ3n) is 3.15. The zero-order chi connectivity index (χ0) is 15.9. The highest BCUT2D eigenvalue weighted by Gasteiger charge is 2.12. The van der Waals surface area contributed by atoms with E-state index in [-0.39, 0.29) is 0 Å². The Labute approximate surface area is 130 Å². The summed E-state index contributed by atoms with van der Waals surface area (Å²) in [5, 5.41) is 4.22. The molecule has 0 saturated heterocycles. The van der Waals surface area contributed by atoms with Gasteiger partial charge in [0, 0.05) is 5.56 Å². The number of nitrogens with zero attached hydrogens (tertiary/aromatic N) is 1. The second kappa shape index (κ2) is 7.36. The molecule has 2 rings (SSSR count). The number of hydrogen-bond acceptors (Lipinski definition) is 5. The molecule has 0 heterocycles. The lowest BCUT2D eigenvalue weighted by atomic mass is 10.2. The number of rotatable bonds is 6. The second-order valence-corrected chi connectivity index (χ2v) is 4.69. The average Bonchev–Trinajstić information content (AvgIpc) is 2.55. The maximum Gasteiger partial charge on any atom is 0.203 e. The lowest BCUT2D eigenvalue weighted by Gasteiger charge is -2.12. The molecule has 0 spiro atoms. The van der Waals surface area contributed by atoms with Crippen molar-refractivity contribution in [3.8, 4) is 17.2 Å². The fourth-order valence-electron chi connectivity index (χ4n) is 1.99. The van der Waals surface area contributed by atoms with Gasteiger partial charge in [0.2, 0.25) is 5.75 Å². The minimum atomic E-state index is 0.564. The molecule has 0 fully saturated rings. The van der Waals surface area contributed by atoms with Crippen LogP contribution in [0.15, 0.2) is 41.5 Å². The van der Waals surface area contributed by atoms with Crippen LogP contribution in [0.3, 0.4) is 0 Å². The first-order valence-electron chi connectivity index (χ1n) is 6.83. The summed E-state index contributed by atoms with van der Waals surface area (Å²) in [6.07, 6.45) is 1.70. The van der Waals surface area contributed by atoms with Crippen LogP contribution in [0, 0.1) is 6.92 Å². The zero-order valence-corrected chi connectivity index (χ0v) is 13.2. The van der Waals surface area contributed by atoms with E-state index in [4.69, 9.17) is 14.2 Å². The van der Waals surface area contributed by atoms with Gasteiger partial charge in [0.1, 0.15) is 0 Å². The molecule has 0 atom stereocenters. The van der Waals surface area contributed by atoms with Gasteiger partial charge in [-0.05, 0) is 31.2 Å². The van der Waals surface area contributed by atoms with Crippen LogP contribution < -0.4 is 19.6 Å². The molecule has 0 aromatic heterocycles. The van der Waals surface area contributed by atoms with Gasteiger partial charge in [-0.3, -0.25) is 5.43 Å². The van der Waals surface area contributed by atoms with E-state index in [1.807, 2.05) is 43.3 Å². The van der Waals surface area contributed by atoms with E-state index >= 15 is 0 Å². The van der Waals surface area contributed by atoms with Gasteiger partial charge < -0.3 is 14.2 Å². The third-order valence-corrected chi connectivity index (χ3v) is 3.15. The van der Waals surface area contributed by atoms with Crippen molar-refractivity contribution < 1.29 is 14.2 Å². The summed E-state index contributed by atoms with van der Waals surface area (Å²) < 4.78 is 15.9. The van der Waals surface area contributed by atoms with E-state index < -0.39 is 0 Å². The number of nitrogens with one attached hydrogen (secondary N) is 1. The molecule has 0 unspecified atom stereocenters. The van der Waals surface area contributed by atoms with E-state index in [0.29, 0.717) is 17.2 Å². The van der Waals surface area contributed by atoms with E-state index in [1.165, 1.54) is 5.56 Å². The van der Waals surface area contributed by atoms with Crippen molar-refractivity contribution in [1.29, 1.82) is 0 Å². The number of ether oxygens (including phenoxy) is 3. The Hall–Kier alpha value is -2.69. The number of hydrazone groups is 1. The zero-order valence-electron chi connectivity index (χ0n) is 13.2. The number of hydrogen-bond donors (Lipinski definition) is 1. The molecule has 1 N–H and O–H groups in total.